The van der Waals surface area contributed by atoms with Crippen molar-refractivity contribution in [2.24, 2.45) is 5.14 Å². The predicted molar refractivity (Wildman–Crippen MR) is 132 cm³/mol. The van der Waals surface area contributed by atoms with Gasteiger partial charge in [0.05, 0.1) is 10.2 Å². The van der Waals surface area contributed by atoms with E-state index in [1.165, 1.54) is 6.20 Å². The van der Waals surface area contributed by atoms with Gasteiger partial charge in [0.1, 0.15) is 11.9 Å². The van der Waals surface area contributed by atoms with E-state index in [9.17, 15) is 8.42 Å². The van der Waals surface area contributed by atoms with Crippen LogP contribution in [0.5, 0.6) is 5.75 Å². The van der Waals surface area contributed by atoms with E-state index in [4.69, 9.17) is 26.5 Å². The average molecular weight is 501 g/mol. The van der Waals surface area contributed by atoms with Crippen LogP contribution in [0.3, 0.4) is 0 Å². The van der Waals surface area contributed by atoms with Crippen molar-refractivity contribution in [2.75, 3.05) is 18.0 Å². The van der Waals surface area contributed by atoms with Crippen molar-refractivity contribution in [1.82, 2.24) is 9.97 Å². The summed E-state index contributed by atoms with van der Waals surface area (Å²) in [5.74, 6) is 0.614. The van der Waals surface area contributed by atoms with Crippen molar-refractivity contribution in [2.45, 2.75) is 24.0 Å². The van der Waals surface area contributed by atoms with Crippen LogP contribution in [0.1, 0.15) is 12.8 Å². The van der Waals surface area contributed by atoms with E-state index in [1.54, 1.807) is 23.5 Å². The maximum Gasteiger partial charge on any atom is 0.256 e. The van der Waals surface area contributed by atoms with Crippen molar-refractivity contribution in [1.29, 1.82) is 0 Å². The summed E-state index contributed by atoms with van der Waals surface area (Å²) in [6.07, 6.45) is 3.05. The van der Waals surface area contributed by atoms with Crippen LogP contribution in [0.25, 0.3) is 21.3 Å². The summed E-state index contributed by atoms with van der Waals surface area (Å²) in [5.41, 5.74) is 2.04. The fraction of sp³-hybridized carbons (Fsp3) is 0.217. The molecule has 1 aliphatic heterocycles. The summed E-state index contributed by atoms with van der Waals surface area (Å²) >= 11 is 7.75. The van der Waals surface area contributed by atoms with Crippen molar-refractivity contribution in [3.63, 3.8) is 0 Å². The summed E-state index contributed by atoms with van der Waals surface area (Å²) in [7, 11) is -3.97. The van der Waals surface area contributed by atoms with Crippen molar-refractivity contribution in [3.05, 3.63) is 65.8 Å². The largest absolute Gasteiger partial charge is 0.490 e. The number of aromatic nitrogens is 2. The Morgan fingerprint density at radius 1 is 1.06 bits per heavy atom. The van der Waals surface area contributed by atoms with Gasteiger partial charge in [-0.15, -0.1) is 0 Å². The third kappa shape index (κ3) is 4.67. The van der Waals surface area contributed by atoms with Gasteiger partial charge in [0.15, 0.2) is 10.2 Å². The Balaban J connectivity index is 1.33. The molecule has 7 nitrogen and oxygen atoms in total. The molecule has 0 radical (unpaired) electrons. The number of sulfonamides is 1. The molecule has 2 aromatic heterocycles. The van der Waals surface area contributed by atoms with Crippen LogP contribution < -0.4 is 14.8 Å². The molecule has 2 aromatic carbocycles. The topological polar surface area (TPSA) is 98.4 Å². The predicted octanol–water partition coefficient (Wildman–Crippen LogP) is 4.71. The lowest BCUT2D eigenvalue weighted by Gasteiger charge is -2.32. The highest BCUT2D eigenvalue weighted by molar-refractivity contribution is 7.89. The number of para-hydroxylation sites is 1. The summed E-state index contributed by atoms with van der Waals surface area (Å²) < 4.78 is 31.5. The van der Waals surface area contributed by atoms with E-state index in [0.29, 0.717) is 21.9 Å². The van der Waals surface area contributed by atoms with E-state index in [-0.39, 0.29) is 11.1 Å². The molecule has 0 spiro atoms. The second-order valence-corrected chi connectivity index (χ2v) is 10.7. The van der Waals surface area contributed by atoms with Crippen LogP contribution in [0.2, 0.25) is 5.02 Å². The summed E-state index contributed by atoms with van der Waals surface area (Å²) in [6, 6.07) is 16.5. The molecule has 33 heavy (non-hydrogen) atoms. The Labute approximate surface area is 200 Å². The molecule has 1 aliphatic rings. The number of benzene rings is 2. The highest BCUT2D eigenvalue weighted by Crippen LogP contribution is 2.36. The van der Waals surface area contributed by atoms with Gasteiger partial charge < -0.3 is 9.64 Å². The van der Waals surface area contributed by atoms with Crippen molar-refractivity contribution in [3.8, 4) is 16.9 Å². The number of primary sulfonamides is 1. The second kappa shape index (κ2) is 8.90. The minimum Gasteiger partial charge on any atom is -0.490 e. The normalized spacial score (nSPS) is 15.2. The minimum atomic E-state index is -3.97. The monoisotopic (exact) mass is 500 g/mol. The molecule has 0 aliphatic carbocycles. The third-order valence-electron chi connectivity index (χ3n) is 5.56. The Bertz CT molecular complexity index is 1420. The van der Waals surface area contributed by atoms with Crippen LogP contribution in [-0.4, -0.2) is 37.6 Å². The number of hydrogen-bond acceptors (Lipinski definition) is 7. The van der Waals surface area contributed by atoms with Gasteiger partial charge in [0.25, 0.3) is 10.0 Å². The molecular formula is C23H21ClN4O3S2. The molecule has 10 heteroatoms. The number of anilines is 1. The Morgan fingerprint density at radius 3 is 2.61 bits per heavy atom. The standard InChI is InChI=1S/C23H21ClN4O3S2/c24-15-7-8-19-21(14-15)32-23(27-19)28-12-9-16(10-13-28)31-20-6-2-1-4-17(20)18-5-3-11-26-22(18)33(25,29)30/h1-8,11,14,16H,9-10,12-13H2,(H2,25,29,30). The second-order valence-electron chi connectivity index (χ2n) is 7.81. The fourth-order valence-electron chi connectivity index (χ4n) is 3.98. The highest BCUT2D eigenvalue weighted by atomic mass is 35.5. The molecule has 4 aromatic rings. The smallest absolute Gasteiger partial charge is 0.256 e. The van der Waals surface area contributed by atoms with E-state index < -0.39 is 10.0 Å². The molecule has 0 saturated carbocycles. The maximum atomic E-state index is 12.0. The average Bonchev–Trinajstić information content (AvgIpc) is 3.22. The highest BCUT2D eigenvalue weighted by Gasteiger charge is 2.25. The lowest BCUT2D eigenvalue weighted by atomic mass is 10.1. The summed E-state index contributed by atoms with van der Waals surface area (Å²) in [6.45, 7) is 1.63. The molecular weight excluding hydrogens is 480 g/mol. The van der Waals surface area contributed by atoms with E-state index in [0.717, 1.165) is 41.3 Å². The van der Waals surface area contributed by atoms with Gasteiger partial charge in [-0.3, -0.25) is 0 Å². The van der Waals surface area contributed by atoms with E-state index in [2.05, 4.69) is 9.88 Å². The van der Waals surface area contributed by atoms with Crippen LogP contribution in [0.15, 0.2) is 65.8 Å². The first-order chi connectivity index (χ1) is 15.9. The lowest BCUT2D eigenvalue weighted by molar-refractivity contribution is 0.171. The molecule has 1 fully saturated rings. The third-order valence-corrected chi connectivity index (χ3v) is 7.74. The van der Waals surface area contributed by atoms with Gasteiger partial charge in [0.2, 0.25) is 0 Å². The fourth-order valence-corrected chi connectivity index (χ4v) is 5.97. The van der Waals surface area contributed by atoms with Gasteiger partial charge in [-0.2, -0.15) is 0 Å². The minimum absolute atomic E-state index is 0.000767. The number of fused-ring (bicyclic) bond motifs is 1. The zero-order valence-electron chi connectivity index (χ0n) is 17.5. The van der Waals surface area contributed by atoms with Gasteiger partial charge in [-0.1, -0.05) is 41.1 Å². The number of nitrogens with zero attached hydrogens (tertiary/aromatic N) is 3. The van der Waals surface area contributed by atoms with Crippen LogP contribution in [0, 0.1) is 0 Å². The van der Waals surface area contributed by atoms with Crippen LogP contribution in [0.4, 0.5) is 5.13 Å². The number of halogens is 1. The van der Waals surface area contributed by atoms with Crippen LogP contribution in [-0.2, 0) is 10.0 Å². The number of thiazole rings is 1. The molecule has 2 N–H and O–H groups in total. The molecule has 0 atom stereocenters. The number of pyridine rings is 1. The zero-order valence-corrected chi connectivity index (χ0v) is 19.9. The number of hydrogen-bond donors (Lipinski definition) is 1. The molecule has 3 heterocycles. The summed E-state index contributed by atoms with van der Waals surface area (Å²) in [4.78, 5) is 11.0. The van der Waals surface area contributed by atoms with Gasteiger partial charge in [0, 0.05) is 48.3 Å². The van der Waals surface area contributed by atoms with E-state index in [1.807, 2.05) is 42.5 Å². The Kier molecular flexibility index (Phi) is 5.96. The van der Waals surface area contributed by atoms with E-state index >= 15 is 0 Å². The molecule has 0 amide bonds. The quantitative estimate of drug-likeness (QED) is 0.426. The van der Waals surface area contributed by atoms with Crippen LogP contribution >= 0.6 is 22.9 Å². The first-order valence-electron chi connectivity index (χ1n) is 10.4. The molecule has 0 unspecified atom stereocenters. The van der Waals surface area contributed by atoms with Gasteiger partial charge in [-0.05, 0) is 36.4 Å². The number of nitrogens with two attached hydrogens (primary N) is 1. The lowest BCUT2D eigenvalue weighted by Crippen LogP contribution is -2.38. The number of ether oxygens (including phenoxy) is 1. The SMILES string of the molecule is NS(=O)(=O)c1ncccc1-c1ccccc1OC1CCN(c2nc3ccc(Cl)cc3s2)CC1. The Hall–Kier alpha value is -2.72. The van der Waals surface area contributed by atoms with Crippen molar-refractivity contribution >= 4 is 48.3 Å². The molecule has 170 valence electrons. The first-order valence-corrected chi connectivity index (χ1v) is 13.2. The zero-order chi connectivity index (χ0) is 23.0. The van der Waals surface area contributed by atoms with Gasteiger partial charge >= 0.3 is 0 Å². The number of rotatable bonds is 5. The van der Waals surface area contributed by atoms with Crippen molar-refractivity contribution < 1.29 is 13.2 Å². The summed E-state index contributed by atoms with van der Waals surface area (Å²) in [5, 5.41) is 6.92. The maximum absolute atomic E-state index is 12.0. The first kappa shape index (κ1) is 22.1. The molecule has 1 saturated heterocycles. The molecule has 0 bridgehead atoms. The van der Waals surface area contributed by atoms with Gasteiger partial charge in [-0.25, -0.2) is 23.5 Å². The molecule has 5 rings (SSSR count). The number of piperidine rings is 1. The Morgan fingerprint density at radius 2 is 1.82 bits per heavy atom.